The molecule has 7 heteroatoms. The minimum atomic E-state index is -0.501. The van der Waals surface area contributed by atoms with Crippen molar-refractivity contribution >= 4 is 29.2 Å². The molecule has 2 aromatic rings. The highest BCUT2D eigenvalue weighted by Crippen LogP contribution is 2.22. The van der Waals surface area contributed by atoms with Crippen molar-refractivity contribution < 1.29 is 9.53 Å². The van der Waals surface area contributed by atoms with Crippen LogP contribution in [-0.2, 0) is 4.74 Å². The Bertz CT molecular complexity index is 605. The van der Waals surface area contributed by atoms with Gasteiger partial charge in [-0.2, -0.15) is 0 Å². The lowest BCUT2D eigenvalue weighted by molar-refractivity contribution is 0.0518. The summed E-state index contributed by atoms with van der Waals surface area (Å²) in [6.07, 6.45) is 0. The van der Waals surface area contributed by atoms with Gasteiger partial charge in [0.2, 0.25) is 0 Å². The molecule has 1 heterocycles. The molecule has 0 fully saturated rings. The van der Waals surface area contributed by atoms with Gasteiger partial charge in [-0.3, -0.25) is 0 Å². The van der Waals surface area contributed by atoms with Gasteiger partial charge < -0.3 is 4.74 Å². The average molecular weight is 300 g/mol. The van der Waals surface area contributed by atoms with Crippen molar-refractivity contribution in [3.8, 4) is 5.69 Å². The molecule has 0 N–H and O–H groups in total. The Balaban J connectivity index is 2.44. The normalized spacial score (nSPS) is 10.5. The molecule has 0 saturated heterocycles. The van der Waals surface area contributed by atoms with Crippen LogP contribution in [0.3, 0.4) is 0 Å². The Morgan fingerprint density at radius 2 is 1.95 bits per heavy atom. The van der Waals surface area contributed by atoms with Gasteiger partial charge in [0.25, 0.3) is 0 Å². The number of rotatable bonds is 3. The van der Waals surface area contributed by atoms with Crippen LogP contribution in [0.4, 0.5) is 0 Å². The number of ether oxygens (including phenoxy) is 1. The number of hydrogen-bond donors (Lipinski definition) is 0. The van der Waals surface area contributed by atoms with Crippen molar-refractivity contribution in [3.05, 3.63) is 39.6 Å². The first-order chi connectivity index (χ1) is 9.02. The Kier molecular flexibility index (Phi) is 4.07. The predicted molar refractivity (Wildman–Crippen MR) is 72.1 cm³/mol. The lowest BCUT2D eigenvalue weighted by Gasteiger charge is -2.05. The number of halogens is 2. The molecule has 19 heavy (non-hydrogen) atoms. The molecule has 1 aromatic carbocycles. The van der Waals surface area contributed by atoms with Crippen molar-refractivity contribution in [2.75, 3.05) is 6.61 Å². The SMILES string of the molecule is CCOC(=O)c1nnn(-c2cc(Cl)cc(Cl)c2)c1C. The molecule has 0 spiro atoms. The number of esters is 1. The van der Waals surface area contributed by atoms with Crippen LogP contribution in [0.5, 0.6) is 0 Å². The molecule has 0 atom stereocenters. The molecule has 0 aliphatic carbocycles. The number of carbonyl (C=O) groups excluding carboxylic acids is 1. The van der Waals surface area contributed by atoms with Gasteiger partial charge in [-0.05, 0) is 32.0 Å². The van der Waals surface area contributed by atoms with Gasteiger partial charge in [0.1, 0.15) is 0 Å². The molecule has 100 valence electrons. The second kappa shape index (κ2) is 5.59. The summed E-state index contributed by atoms with van der Waals surface area (Å²) in [5.41, 5.74) is 1.38. The van der Waals surface area contributed by atoms with E-state index in [1.165, 1.54) is 4.68 Å². The molecule has 0 aliphatic rings. The Hall–Kier alpha value is -1.59. The highest BCUT2D eigenvalue weighted by Gasteiger charge is 2.18. The first-order valence-corrected chi connectivity index (χ1v) is 6.34. The fourth-order valence-corrected chi connectivity index (χ4v) is 2.14. The van der Waals surface area contributed by atoms with Crippen molar-refractivity contribution in [1.82, 2.24) is 15.0 Å². The molecule has 0 unspecified atom stereocenters. The van der Waals surface area contributed by atoms with E-state index in [0.717, 1.165) is 0 Å². The van der Waals surface area contributed by atoms with Gasteiger partial charge in [0.05, 0.1) is 18.0 Å². The van der Waals surface area contributed by atoms with Crippen LogP contribution in [0, 0.1) is 6.92 Å². The van der Waals surface area contributed by atoms with E-state index in [1.54, 1.807) is 32.0 Å². The van der Waals surface area contributed by atoms with Crippen molar-refractivity contribution in [2.24, 2.45) is 0 Å². The van der Waals surface area contributed by atoms with Gasteiger partial charge >= 0.3 is 5.97 Å². The number of carbonyl (C=O) groups is 1. The number of hydrogen-bond acceptors (Lipinski definition) is 4. The second-order valence-corrected chi connectivity index (χ2v) is 4.66. The molecule has 2 rings (SSSR count). The molecule has 0 bridgehead atoms. The zero-order valence-corrected chi connectivity index (χ0v) is 11.9. The maximum atomic E-state index is 11.7. The molecular formula is C12H11Cl2N3O2. The fraction of sp³-hybridized carbons (Fsp3) is 0.250. The maximum absolute atomic E-state index is 11.7. The summed E-state index contributed by atoms with van der Waals surface area (Å²) in [7, 11) is 0. The van der Waals surface area contributed by atoms with Crippen LogP contribution in [0.25, 0.3) is 5.69 Å². The third-order valence-corrected chi connectivity index (χ3v) is 2.89. The Morgan fingerprint density at radius 3 is 2.53 bits per heavy atom. The average Bonchev–Trinajstić information content (AvgIpc) is 2.70. The van der Waals surface area contributed by atoms with Crippen LogP contribution in [0.15, 0.2) is 18.2 Å². The third kappa shape index (κ3) is 2.88. The van der Waals surface area contributed by atoms with Crippen LogP contribution < -0.4 is 0 Å². The molecule has 0 amide bonds. The highest BCUT2D eigenvalue weighted by atomic mass is 35.5. The van der Waals surface area contributed by atoms with Crippen LogP contribution in [-0.4, -0.2) is 27.6 Å². The summed E-state index contributed by atoms with van der Waals surface area (Å²) in [5.74, 6) is -0.501. The predicted octanol–water partition coefficient (Wildman–Crippen LogP) is 3.06. The molecular weight excluding hydrogens is 289 g/mol. The highest BCUT2D eigenvalue weighted by molar-refractivity contribution is 6.34. The Labute approximate surface area is 120 Å². The van der Waals surface area contributed by atoms with Gasteiger partial charge in [0, 0.05) is 10.0 Å². The van der Waals surface area contributed by atoms with Crippen molar-refractivity contribution in [1.29, 1.82) is 0 Å². The smallest absolute Gasteiger partial charge is 0.360 e. The monoisotopic (exact) mass is 299 g/mol. The standard InChI is InChI=1S/C12H11Cl2N3O2/c1-3-19-12(18)11-7(2)17(16-15-11)10-5-8(13)4-9(14)6-10/h4-6H,3H2,1-2H3. The fourth-order valence-electron chi connectivity index (χ4n) is 1.62. The molecule has 0 aliphatic heterocycles. The van der Waals surface area contributed by atoms with Crippen LogP contribution in [0.1, 0.15) is 23.1 Å². The van der Waals surface area contributed by atoms with E-state index in [2.05, 4.69) is 10.3 Å². The second-order valence-electron chi connectivity index (χ2n) is 3.78. The van der Waals surface area contributed by atoms with E-state index < -0.39 is 5.97 Å². The van der Waals surface area contributed by atoms with Gasteiger partial charge in [-0.25, -0.2) is 9.48 Å². The summed E-state index contributed by atoms with van der Waals surface area (Å²) in [4.78, 5) is 11.7. The van der Waals surface area contributed by atoms with Crippen molar-refractivity contribution in [2.45, 2.75) is 13.8 Å². The zero-order chi connectivity index (χ0) is 14.0. The minimum absolute atomic E-state index is 0.179. The summed E-state index contributed by atoms with van der Waals surface area (Å²) in [6.45, 7) is 3.74. The summed E-state index contributed by atoms with van der Waals surface area (Å²) in [6, 6.07) is 4.99. The summed E-state index contributed by atoms with van der Waals surface area (Å²) in [5, 5.41) is 8.71. The number of benzene rings is 1. The van der Waals surface area contributed by atoms with E-state index in [0.29, 0.717) is 21.4 Å². The van der Waals surface area contributed by atoms with E-state index in [1.807, 2.05) is 0 Å². The number of nitrogens with zero attached hydrogens (tertiary/aromatic N) is 3. The third-order valence-electron chi connectivity index (χ3n) is 2.46. The zero-order valence-electron chi connectivity index (χ0n) is 10.4. The largest absolute Gasteiger partial charge is 0.461 e. The van der Waals surface area contributed by atoms with Gasteiger partial charge in [-0.15, -0.1) is 5.10 Å². The summed E-state index contributed by atoms with van der Waals surface area (Å²) >= 11 is 11.9. The number of aromatic nitrogens is 3. The van der Waals surface area contributed by atoms with E-state index in [9.17, 15) is 4.79 Å². The molecule has 5 nitrogen and oxygen atoms in total. The van der Waals surface area contributed by atoms with Gasteiger partial charge in [-0.1, -0.05) is 28.4 Å². The molecule has 1 aromatic heterocycles. The van der Waals surface area contributed by atoms with E-state index in [-0.39, 0.29) is 12.3 Å². The topological polar surface area (TPSA) is 57.0 Å². The maximum Gasteiger partial charge on any atom is 0.360 e. The minimum Gasteiger partial charge on any atom is -0.461 e. The van der Waals surface area contributed by atoms with Crippen LogP contribution >= 0.6 is 23.2 Å². The first kappa shape index (κ1) is 13.8. The van der Waals surface area contributed by atoms with E-state index in [4.69, 9.17) is 27.9 Å². The quantitative estimate of drug-likeness (QED) is 0.817. The van der Waals surface area contributed by atoms with E-state index >= 15 is 0 Å². The first-order valence-electron chi connectivity index (χ1n) is 5.58. The van der Waals surface area contributed by atoms with Crippen LogP contribution in [0.2, 0.25) is 10.0 Å². The lowest BCUT2D eigenvalue weighted by Crippen LogP contribution is -2.07. The summed E-state index contributed by atoms with van der Waals surface area (Å²) < 4.78 is 6.39. The lowest BCUT2D eigenvalue weighted by atomic mass is 10.3. The van der Waals surface area contributed by atoms with Crippen molar-refractivity contribution in [3.63, 3.8) is 0 Å². The molecule has 0 saturated carbocycles. The Morgan fingerprint density at radius 1 is 1.32 bits per heavy atom. The van der Waals surface area contributed by atoms with Gasteiger partial charge in [0.15, 0.2) is 5.69 Å². The molecule has 0 radical (unpaired) electrons.